The van der Waals surface area contributed by atoms with Gasteiger partial charge in [0.15, 0.2) is 0 Å². The number of hydrogen-bond donors (Lipinski definition) is 4. The van der Waals surface area contributed by atoms with Gasteiger partial charge in [0.25, 0.3) is 5.91 Å². The number of carbonyl (C=O) groups excluding carboxylic acids is 3. The number of amides is 2. The predicted octanol–water partition coefficient (Wildman–Crippen LogP) is 5.06. The molecule has 0 spiro atoms. The number of alkyl halides is 5. The number of sulfone groups is 1. The molecule has 56 heavy (non-hydrogen) atoms. The van der Waals surface area contributed by atoms with Crippen LogP contribution in [0.1, 0.15) is 59.3 Å². The van der Waals surface area contributed by atoms with Crippen LogP contribution >= 0.6 is 11.3 Å². The second kappa shape index (κ2) is 18.5. The van der Waals surface area contributed by atoms with Gasteiger partial charge in [-0.3, -0.25) is 9.59 Å². The first-order valence-corrected chi connectivity index (χ1v) is 20.5. The third kappa shape index (κ3) is 11.7. The number of anilines is 2. The van der Waals surface area contributed by atoms with Gasteiger partial charge in [0.05, 0.1) is 52.5 Å². The van der Waals surface area contributed by atoms with E-state index in [1.165, 1.54) is 12.1 Å². The third-order valence-electron chi connectivity index (χ3n) is 9.62. The van der Waals surface area contributed by atoms with Crippen molar-refractivity contribution in [1.82, 2.24) is 10.2 Å². The van der Waals surface area contributed by atoms with Crippen LogP contribution in [0.15, 0.2) is 36.4 Å². The van der Waals surface area contributed by atoms with Crippen LogP contribution in [0.4, 0.5) is 33.3 Å². The average Bonchev–Trinajstić information content (AvgIpc) is 3.48. The molecule has 0 bridgehead atoms. The van der Waals surface area contributed by atoms with Crippen LogP contribution in [-0.2, 0) is 30.6 Å². The highest BCUT2D eigenvalue weighted by Gasteiger charge is 2.33. The SMILES string of the molecule is COC(=O)C(CCC(N)=O)NC(=O)c1ccc(NCC#Cc2sc3c(NC4CCN(C5CCS(=O)(=O)CC5)CC4)cccc3c2CC(F)(F)F)c(OC(F)F)c1. The molecule has 3 aromatic rings. The standard InChI is InChI=1S/C37H42F5N5O7S2/c1-53-35(50)29(9-10-32(43)48)46-34(49)22-7-8-27(30(20-22)54-36(38)39)44-15-3-6-31-26(21-37(40,41)42)25-4-2-5-28(33(25)55-31)45-23-11-16-47(17-12-23)24-13-18-56(51,52)19-14-24/h2,4-5,7-8,20,23-24,29,36,44-45H,9-19,21H2,1H3,(H2,43,48)(H,46,49). The number of likely N-dealkylation sites (tertiary alicyclic amines) is 1. The fourth-order valence-corrected chi connectivity index (χ4v) is 9.46. The molecule has 12 nitrogen and oxygen atoms in total. The Bertz CT molecular complexity index is 2060. The number of ether oxygens (including phenoxy) is 2. The third-order valence-corrected chi connectivity index (χ3v) is 12.5. The number of thiophene rings is 1. The second-order valence-electron chi connectivity index (χ2n) is 13.5. The van der Waals surface area contributed by atoms with E-state index in [0.717, 1.165) is 50.4 Å². The van der Waals surface area contributed by atoms with E-state index in [9.17, 15) is 44.8 Å². The minimum absolute atomic E-state index is 0.00676. The lowest BCUT2D eigenvalue weighted by Gasteiger charge is -2.39. The largest absolute Gasteiger partial charge is 0.467 e. The highest BCUT2D eigenvalue weighted by molar-refractivity contribution is 7.91. The van der Waals surface area contributed by atoms with Crippen molar-refractivity contribution in [3.05, 3.63) is 52.4 Å². The summed E-state index contributed by atoms with van der Waals surface area (Å²) in [5, 5.41) is 9.11. The Kier molecular flexibility index (Phi) is 14.0. The molecule has 2 aromatic carbocycles. The second-order valence-corrected chi connectivity index (χ2v) is 16.8. The van der Waals surface area contributed by atoms with E-state index in [-0.39, 0.29) is 64.7 Å². The molecule has 5 rings (SSSR count). The normalized spacial score (nSPS) is 17.1. The molecule has 0 radical (unpaired) electrons. The molecule has 2 amide bonds. The number of piperidine rings is 1. The number of esters is 1. The number of primary amides is 1. The molecule has 2 aliphatic rings. The van der Waals surface area contributed by atoms with Crippen LogP contribution in [0.25, 0.3) is 10.1 Å². The molecule has 304 valence electrons. The summed E-state index contributed by atoms with van der Waals surface area (Å²) < 4.78 is 102. The van der Waals surface area contributed by atoms with Gasteiger partial charge in [0.2, 0.25) is 5.91 Å². The molecule has 19 heteroatoms. The summed E-state index contributed by atoms with van der Waals surface area (Å²) in [5.74, 6) is 3.14. The van der Waals surface area contributed by atoms with Crippen LogP contribution in [0.2, 0.25) is 0 Å². The number of methoxy groups -OCH3 is 1. The highest BCUT2D eigenvalue weighted by atomic mass is 32.2. The number of nitrogens with two attached hydrogens (primary N) is 1. The van der Waals surface area contributed by atoms with Gasteiger partial charge >= 0.3 is 18.8 Å². The summed E-state index contributed by atoms with van der Waals surface area (Å²) in [6.45, 7) is -1.92. The summed E-state index contributed by atoms with van der Waals surface area (Å²) in [7, 11) is -1.88. The first-order valence-electron chi connectivity index (χ1n) is 17.8. The zero-order valence-electron chi connectivity index (χ0n) is 30.3. The van der Waals surface area contributed by atoms with Crippen molar-refractivity contribution >= 4 is 60.4 Å². The zero-order chi connectivity index (χ0) is 40.6. The van der Waals surface area contributed by atoms with Gasteiger partial charge in [-0.15, -0.1) is 11.3 Å². The van der Waals surface area contributed by atoms with Gasteiger partial charge in [0.1, 0.15) is 21.6 Å². The summed E-state index contributed by atoms with van der Waals surface area (Å²) >= 11 is 1.12. The first-order chi connectivity index (χ1) is 26.5. The van der Waals surface area contributed by atoms with Crippen molar-refractivity contribution in [2.45, 2.75) is 75.9 Å². The number of fused-ring (bicyclic) bond motifs is 1. The van der Waals surface area contributed by atoms with Crippen molar-refractivity contribution in [2.75, 3.05) is 48.9 Å². The first kappa shape index (κ1) is 42.5. The van der Waals surface area contributed by atoms with Crippen molar-refractivity contribution < 1.29 is 54.2 Å². The van der Waals surface area contributed by atoms with Gasteiger partial charge in [0, 0.05) is 37.2 Å². The Morgan fingerprint density at radius 3 is 2.41 bits per heavy atom. The molecule has 2 fully saturated rings. The molecule has 0 aliphatic carbocycles. The van der Waals surface area contributed by atoms with Gasteiger partial charge in [-0.05, 0) is 67.3 Å². The van der Waals surface area contributed by atoms with Gasteiger partial charge in [-0.2, -0.15) is 22.0 Å². The molecule has 2 saturated heterocycles. The lowest BCUT2D eigenvalue weighted by molar-refractivity contribution is -0.143. The predicted molar refractivity (Wildman–Crippen MR) is 202 cm³/mol. The van der Waals surface area contributed by atoms with Crippen LogP contribution in [0.5, 0.6) is 5.75 Å². The van der Waals surface area contributed by atoms with E-state index in [2.05, 4.69) is 42.2 Å². The van der Waals surface area contributed by atoms with Gasteiger partial charge in [-0.1, -0.05) is 24.0 Å². The molecule has 0 saturated carbocycles. The maximum Gasteiger partial charge on any atom is 0.393 e. The van der Waals surface area contributed by atoms with E-state index in [1.807, 2.05) is 6.07 Å². The van der Waals surface area contributed by atoms with Crippen LogP contribution in [0.3, 0.4) is 0 Å². The minimum atomic E-state index is -4.52. The van der Waals surface area contributed by atoms with Crippen LogP contribution in [0, 0.1) is 11.8 Å². The molecule has 1 atom stereocenters. The topological polar surface area (TPSA) is 169 Å². The quantitative estimate of drug-likeness (QED) is 0.0980. The van der Waals surface area contributed by atoms with E-state index < -0.39 is 58.6 Å². The lowest BCUT2D eigenvalue weighted by atomic mass is 10.00. The number of halogens is 5. The monoisotopic (exact) mass is 827 g/mol. The van der Waals surface area contributed by atoms with E-state index in [0.29, 0.717) is 28.6 Å². The Labute approximate surface area is 324 Å². The van der Waals surface area contributed by atoms with E-state index in [4.69, 9.17) is 5.73 Å². The number of rotatable bonds is 14. The molecule has 2 aliphatic heterocycles. The van der Waals surface area contributed by atoms with E-state index >= 15 is 0 Å². The Hall–Kier alpha value is -4.67. The maximum atomic E-state index is 13.8. The molecule has 3 heterocycles. The number of hydrogen-bond acceptors (Lipinski definition) is 11. The van der Waals surface area contributed by atoms with E-state index in [1.54, 1.807) is 12.1 Å². The fraction of sp³-hybridized carbons (Fsp3) is 0.486. The number of benzene rings is 2. The lowest BCUT2D eigenvalue weighted by Crippen LogP contribution is -2.47. The summed E-state index contributed by atoms with van der Waals surface area (Å²) in [6, 6.07) is 7.72. The van der Waals surface area contributed by atoms with Crippen molar-refractivity contribution in [3.63, 3.8) is 0 Å². The molecule has 5 N–H and O–H groups in total. The molecular formula is C37H42F5N5O7S2. The van der Waals surface area contributed by atoms with Crippen molar-refractivity contribution in [2.24, 2.45) is 5.73 Å². The molecule has 1 aromatic heterocycles. The number of carbonyl (C=O) groups is 3. The summed E-state index contributed by atoms with van der Waals surface area (Å²) in [4.78, 5) is 38.7. The zero-order valence-corrected chi connectivity index (χ0v) is 32.0. The number of nitrogens with zero attached hydrogens (tertiary/aromatic N) is 1. The smallest absolute Gasteiger partial charge is 0.393 e. The highest BCUT2D eigenvalue weighted by Crippen LogP contribution is 2.40. The van der Waals surface area contributed by atoms with Crippen LogP contribution in [-0.4, -0.2) is 100 Å². The summed E-state index contributed by atoms with van der Waals surface area (Å²) in [6.07, 6.45) is -3.32. The van der Waals surface area contributed by atoms with Gasteiger partial charge in [-0.25, -0.2) is 13.2 Å². The molecule has 1 unspecified atom stereocenters. The minimum Gasteiger partial charge on any atom is -0.467 e. The Morgan fingerprint density at radius 1 is 1.05 bits per heavy atom. The Morgan fingerprint density at radius 2 is 1.77 bits per heavy atom. The fourth-order valence-electron chi connectivity index (χ4n) is 6.82. The maximum absolute atomic E-state index is 13.8. The average molecular weight is 828 g/mol. The summed E-state index contributed by atoms with van der Waals surface area (Å²) in [5.41, 5.74) is 5.69. The number of nitrogens with one attached hydrogen (secondary N) is 3. The Balaban J connectivity index is 1.29. The molecular weight excluding hydrogens is 786 g/mol. The van der Waals surface area contributed by atoms with Gasteiger partial charge < -0.3 is 36.1 Å². The van der Waals surface area contributed by atoms with Crippen LogP contribution < -0.4 is 26.4 Å². The van der Waals surface area contributed by atoms with Crippen molar-refractivity contribution in [3.8, 4) is 17.6 Å². The van der Waals surface area contributed by atoms with Crippen molar-refractivity contribution in [1.29, 1.82) is 0 Å².